The molecule has 132 valence electrons. The van der Waals surface area contributed by atoms with Gasteiger partial charge in [-0.05, 0) is 24.3 Å². The number of anilines is 1. The highest BCUT2D eigenvalue weighted by Crippen LogP contribution is 2.29. The maximum atomic E-state index is 12.9. The number of esters is 1. The van der Waals surface area contributed by atoms with E-state index < -0.39 is 24.3 Å². The van der Waals surface area contributed by atoms with Crippen LogP contribution in [0.25, 0.3) is 5.69 Å². The third kappa shape index (κ3) is 3.50. The normalized spacial score (nSPS) is 11.2. The Morgan fingerprint density at radius 3 is 2.40 bits per heavy atom. The summed E-state index contributed by atoms with van der Waals surface area (Å²) in [4.78, 5) is 11.8. The lowest BCUT2D eigenvalue weighted by Gasteiger charge is -2.17. The van der Waals surface area contributed by atoms with Crippen molar-refractivity contribution < 1.29 is 31.8 Å². The molecule has 0 aliphatic carbocycles. The summed E-state index contributed by atoms with van der Waals surface area (Å²) in [6.07, 6.45) is -7.36. The Bertz CT molecular complexity index is 826. The summed E-state index contributed by atoms with van der Waals surface area (Å²) in [7, 11) is 1.12. The Morgan fingerprint density at radius 1 is 1.32 bits per heavy atom. The summed E-state index contributed by atoms with van der Waals surface area (Å²) in [5, 5.41) is 9.01. The highest BCUT2D eigenvalue weighted by molar-refractivity contribution is 5.95. The summed E-state index contributed by atoms with van der Waals surface area (Å²) in [6.45, 7) is 0. The third-order valence-electron chi connectivity index (χ3n) is 3.17. The smallest absolute Gasteiger partial charge is 0.461 e. The van der Waals surface area contributed by atoms with Crippen LogP contribution in [-0.4, -0.2) is 30.2 Å². The maximum Gasteiger partial charge on any atom is 0.461 e. The lowest BCUT2D eigenvalue weighted by Crippen LogP contribution is -2.33. The third-order valence-corrected chi connectivity index (χ3v) is 3.17. The van der Waals surface area contributed by atoms with Gasteiger partial charge in [0.1, 0.15) is 11.8 Å². The first-order chi connectivity index (χ1) is 11.7. The minimum atomic E-state index is -4.63. The number of ether oxygens (including phenoxy) is 2. The molecule has 10 heteroatoms. The molecule has 1 aromatic carbocycles. The Kier molecular flexibility index (Phi) is 4.87. The molecule has 2 N–H and O–H groups in total. The number of benzene rings is 1. The van der Waals surface area contributed by atoms with Gasteiger partial charge in [0, 0.05) is 11.9 Å². The van der Waals surface area contributed by atoms with Crippen molar-refractivity contribution in [2.45, 2.75) is 12.5 Å². The fourth-order valence-corrected chi connectivity index (χ4v) is 1.99. The molecule has 0 radical (unpaired) electrons. The molecular weight excluding hydrogens is 346 g/mol. The first-order valence-corrected chi connectivity index (χ1v) is 6.66. The Morgan fingerprint density at radius 2 is 1.92 bits per heavy atom. The number of nitriles is 1. The molecule has 0 spiro atoms. The van der Waals surface area contributed by atoms with Crippen molar-refractivity contribution in [1.29, 1.82) is 5.26 Å². The van der Waals surface area contributed by atoms with E-state index in [1.165, 1.54) is 22.9 Å². The fraction of sp³-hybridized carbons (Fsp3) is 0.200. The second-order valence-corrected chi connectivity index (χ2v) is 4.74. The average molecular weight is 357 g/mol. The van der Waals surface area contributed by atoms with E-state index in [9.17, 15) is 22.4 Å². The molecule has 2 aromatic rings. The lowest BCUT2D eigenvalue weighted by molar-refractivity contribution is -0.253. The summed E-state index contributed by atoms with van der Waals surface area (Å²) in [6, 6.07) is 6.27. The van der Waals surface area contributed by atoms with Crippen molar-refractivity contribution in [1.82, 2.24) is 4.57 Å². The lowest BCUT2D eigenvalue weighted by atomic mass is 10.2. The molecule has 0 aliphatic rings. The molecule has 0 atom stereocenters. The van der Waals surface area contributed by atoms with E-state index in [2.05, 4.69) is 9.47 Å². The van der Waals surface area contributed by atoms with Gasteiger partial charge >= 0.3 is 18.5 Å². The number of hydrogen-bond acceptors (Lipinski definition) is 5. The predicted molar refractivity (Wildman–Crippen MR) is 77.8 cm³/mol. The number of nitrogen functional groups attached to an aromatic ring is 1. The van der Waals surface area contributed by atoms with Crippen molar-refractivity contribution in [3.8, 4) is 17.5 Å². The molecule has 0 saturated heterocycles. The number of hydrogen-bond donors (Lipinski definition) is 1. The van der Waals surface area contributed by atoms with Crippen LogP contribution >= 0.6 is 0 Å². The van der Waals surface area contributed by atoms with Gasteiger partial charge in [-0.3, -0.25) is 0 Å². The molecular formula is C15H11F4N3O3. The second-order valence-electron chi connectivity index (χ2n) is 4.74. The van der Waals surface area contributed by atoms with Crippen molar-refractivity contribution in [3.63, 3.8) is 0 Å². The van der Waals surface area contributed by atoms with Crippen LogP contribution in [0.15, 0.2) is 30.5 Å². The number of nitrogens with zero attached hydrogens (tertiary/aromatic N) is 2. The van der Waals surface area contributed by atoms with Crippen molar-refractivity contribution in [2.24, 2.45) is 0 Å². The van der Waals surface area contributed by atoms with Crippen LogP contribution < -0.4 is 10.5 Å². The summed E-state index contributed by atoms with van der Waals surface area (Å²) in [5.74, 6) is -1.32. The molecule has 25 heavy (non-hydrogen) atoms. The van der Waals surface area contributed by atoms with Crippen LogP contribution in [0.3, 0.4) is 0 Å². The number of halogens is 4. The molecule has 6 nitrogen and oxygen atoms in total. The fourth-order valence-electron chi connectivity index (χ4n) is 1.99. The Hall–Kier alpha value is -3.22. The highest BCUT2D eigenvalue weighted by Gasteiger charge is 2.43. The zero-order valence-corrected chi connectivity index (χ0v) is 12.7. The number of alkyl halides is 4. The highest BCUT2D eigenvalue weighted by atomic mass is 19.3. The van der Waals surface area contributed by atoms with Gasteiger partial charge in [-0.1, -0.05) is 0 Å². The minimum absolute atomic E-state index is 0.00459. The zero-order chi connectivity index (χ0) is 18.8. The topological polar surface area (TPSA) is 90.3 Å². The van der Waals surface area contributed by atoms with E-state index >= 15 is 0 Å². The predicted octanol–water partition coefficient (Wildman–Crippen LogP) is 2.95. The molecule has 0 aliphatic heterocycles. The van der Waals surface area contributed by atoms with Crippen molar-refractivity contribution >= 4 is 11.7 Å². The van der Waals surface area contributed by atoms with Crippen LogP contribution in [0, 0.1) is 11.3 Å². The van der Waals surface area contributed by atoms with Crippen LogP contribution in [0.1, 0.15) is 16.1 Å². The van der Waals surface area contributed by atoms with Gasteiger partial charge < -0.3 is 19.8 Å². The number of carbonyl (C=O) groups is 1. The molecule has 0 saturated carbocycles. The molecule has 0 fully saturated rings. The molecule has 0 amide bonds. The van der Waals surface area contributed by atoms with Gasteiger partial charge in [-0.15, -0.1) is 0 Å². The van der Waals surface area contributed by atoms with E-state index in [4.69, 9.17) is 11.0 Å². The second kappa shape index (κ2) is 6.72. The standard InChI is InChI=1S/C15H11F4N3O3/c1-24-13(23)12-11(21)8(6-20)7-22(12)9-2-4-10(5-3-9)25-15(18,19)14(16)17/h2-5,7,14H,21H2,1H3. The number of methoxy groups -OCH3 is 1. The van der Waals surface area contributed by atoms with Gasteiger partial charge in [-0.25, -0.2) is 4.79 Å². The summed E-state index contributed by atoms with van der Waals surface area (Å²) in [5.41, 5.74) is 5.73. The molecule has 1 aromatic heterocycles. The van der Waals surface area contributed by atoms with Gasteiger partial charge in [0.25, 0.3) is 0 Å². The zero-order valence-electron chi connectivity index (χ0n) is 12.7. The number of nitrogens with two attached hydrogens (primary N) is 1. The summed E-state index contributed by atoms with van der Waals surface area (Å²) >= 11 is 0. The van der Waals surface area contributed by atoms with Gasteiger partial charge in [0.15, 0.2) is 5.69 Å². The van der Waals surface area contributed by atoms with Crippen LogP contribution in [0.4, 0.5) is 23.2 Å². The van der Waals surface area contributed by atoms with Crippen molar-refractivity contribution in [3.05, 3.63) is 41.7 Å². The monoisotopic (exact) mass is 357 g/mol. The maximum absolute atomic E-state index is 12.9. The van der Waals surface area contributed by atoms with E-state index in [1.807, 2.05) is 0 Å². The van der Waals surface area contributed by atoms with E-state index in [-0.39, 0.29) is 22.6 Å². The molecule has 2 rings (SSSR count). The van der Waals surface area contributed by atoms with E-state index in [0.717, 1.165) is 19.2 Å². The average Bonchev–Trinajstić information content (AvgIpc) is 2.91. The Labute approximate surface area is 139 Å². The first-order valence-electron chi connectivity index (χ1n) is 6.66. The summed E-state index contributed by atoms with van der Waals surface area (Å²) < 4.78 is 59.8. The number of rotatable bonds is 5. The minimum Gasteiger partial charge on any atom is -0.464 e. The molecule has 0 bridgehead atoms. The van der Waals surface area contributed by atoms with Crippen LogP contribution in [0.5, 0.6) is 5.75 Å². The molecule has 1 heterocycles. The Balaban J connectivity index is 2.41. The van der Waals surface area contributed by atoms with E-state index in [0.29, 0.717) is 0 Å². The quantitative estimate of drug-likeness (QED) is 0.656. The number of aromatic nitrogens is 1. The van der Waals surface area contributed by atoms with Crippen LogP contribution in [0.2, 0.25) is 0 Å². The van der Waals surface area contributed by atoms with E-state index in [1.54, 1.807) is 6.07 Å². The largest absolute Gasteiger partial charge is 0.464 e. The molecule has 0 unspecified atom stereocenters. The SMILES string of the molecule is COC(=O)c1c(N)c(C#N)cn1-c1ccc(OC(F)(F)C(F)F)cc1. The van der Waals surface area contributed by atoms with Gasteiger partial charge in [0.2, 0.25) is 0 Å². The van der Waals surface area contributed by atoms with Crippen LogP contribution in [-0.2, 0) is 4.74 Å². The first kappa shape index (κ1) is 18.1. The van der Waals surface area contributed by atoms with Gasteiger partial charge in [-0.2, -0.15) is 22.8 Å². The number of carbonyl (C=O) groups excluding carboxylic acids is 1. The van der Waals surface area contributed by atoms with Gasteiger partial charge in [0.05, 0.1) is 18.4 Å². The van der Waals surface area contributed by atoms with Crippen molar-refractivity contribution in [2.75, 3.05) is 12.8 Å².